The van der Waals surface area contributed by atoms with Crippen molar-refractivity contribution in [3.8, 4) is 28.7 Å². The monoisotopic (exact) mass is 569 g/mol. The van der Waals surface area contributed by atoms with E-state index in [1.807, 2.05) is 30.3 Å². The number of aldehydes is 1. The number of nitriles is 1. The van der Waals surface area contributed by atoms with Crippen molar-refractivity contribution in [3.63, 3.8) is 0 Å². The second-order valence-electron chi connectivity index (χ2n) is 10.0. The molecular formula is C33H29ClFN3O3. The molecule has 0 atom stereocenters. The van der Waals surface area contributed by atoms with Gasteiger partial charge in [-0.1, -0.05) is 54.1 Å². The molecule has 5 rings (SSSR count). The average Bonchev–Trinajstić information content (AvgIpc) is 3.01. The number of hydrogen-bond donors (Lipinski definition) is 0. The van der Waals surface area contributed by atoms with E-state index < -0.39 is 0 Å². The second kappa shape index (κ2) is 13.4. The number of aromatic nitrogens is 1. The van der Waals surface area contributed by atoms with Crippen molar-refractivity contribution in [2.24, 2.45) is 5.92 Å². The number of halogens is 2. The highest BCUT2D eigenvalue weighted by Crippen LogP contribution is 2.34. The molecule has 0 saturated carbocycles. The highest BCUT2D eigenvalue weighted by atomic mass is 35.5. The number of carbonyl (C=O) groups is 1. The largest absolute Gasteiger partial charge is 0.489 e. The van der Waals surface area contributed by atoms with Gasteiger partial charge in [0, 0.05) is 58.7 Å². The maximum absolute atomic E-state index is 14.4. The molecule has 0 unspecified atom stereocenters. The molecule has 6 nitrogen and oxygen atoms in total. The molecule has 1 fully saturated rings. The summed E-state index contributed by atoms with van der Waals surface area (Å²) in [5, 5.41) is 9.65. The summed E-state index contributed by atoms with van der Waals surface area (Å²) in [5.41, 5.74) is 4.02. The summed E-state index contributed by atoms with van der Waals surface area (Å²) >= 11 is 6.68. The van der Waals surface area contributed by atoms with Crippen LogP contribution in [0.4, 0.5) is 4.39 Å². The lowest BCUT2D eigenvalue weighted by atomic mass is 9.98. The van der Waals surface area contributed by atoms with Gasteiger partial charge in [-0.25, -0.2) is 4.39 Å². The Morgan fingerprint density at radius 2 is 1.78 bits per heavy atom. The van der Waals surface area contributed by atoms with Crippen LogP contribution in [-0.2, 0) is 24.6 Å². The summed E-state index contributed by atoms with van der Waals surface area (Å²) in [4.78, 5) is 17.6. The van der Waals surface area contributed by atoms with Gasteiger partial charge in [0.15, 0.2) is 0 Å². The number of carbonyl (C=O) groups excluding carboxylic acids is 1. The predicted molar refractivity (Wildman–Crippen MR) is 155 cm³/mol. The van der Waals surface area contributed by atoms with E-state index in [0.717, 1.165) is 48.9 Å². The van der Waals surface area contributed by atoms with Crippen LogP contribution in [0.5, 0.6) is 11.5 Å². The van der Waals surface area contributed by atoms with Gasteiger partial charge in [-0.3, -0.25) is 9.88 Å². The summed E-state index contributed by atoms with van der Waals surface area (Å²) in [6.45, 7) is 2.78. The predicted octanol–water partition coefficient (Wildman–Crippen LogP) is 6.98. The number of likely N-dealkylation sites (tertiary alicyclic amines) is 1. The number of ether oxygens (including phenoxy) is 2. The molecule has 0 bridgehead atoms. The first-order valence-electron chi connectivity index (χ1n) is 13.5. The smallest absolute Gasteiger partial charge is 0.131 e. The Morgan fingerprint density at radius 1 is 0.976 bits per heavy atom. The molecule has 0 aliphatic carbocycles. The van der Waals surface area contributed by atoms with Crippen LogP contribution < -0.4 is 9.47 Å². The zero-order chi connectivity index (χ0) is 28.6. The summed E-state index contributed by atoms with van der Waals surface area (Å²) in [6.07, 6.45) is 5.94. The van der Waals surface area contributed by atoms with Crippen LogP contribution in [0.15, 0.2) is 79.1 Å². The first-order valence-corrected chi connectivity index (χ1v) is 13.8. The molecule has 0 N–H and O–H groups in total. The fraction of sp³-hybridized carbons (Fsp3) is 0.242. The molecule has 0 radical (unpaired) electrons. The van der Waals surface area contributed by atoms with E-state index in [0.29, 0.717) is 39.8 Å². The first-order chi connectivity index (χ1) is 20.0. The summed E-state index contributed by atoms with van der Waals surface area (Å²) in [7, 11) is 0. The second-order valence-corrected chi connectivity index (χ2v) is 10.4. The Kier molecular flexibility index (Phi) is 9.25. The lowest BCUT2D eigenvalue weighted by Gasteiger charge is -2.30. The van der Waals surface area contributed by atoms with Crippen molar-refractivity contribution in [1.29, 1.82) is 5.26 Å². The minimum absolute atomic E-state index is 0.126. The quantitative estimate of drug-likeness (QED) is 0.192. The van der Waals surface area contributed by atoms with Crippen LogP contribution in [0.25, 0.3) is 11.1 Å². The first kappa shape index (κ1) is 28.3. The molecule has 1 saturated heterocycles. The van der Waals surface area contributed by atoms with Crippen LogP contribution in [-0.4, -0.2) is 29.3 Å². The number of rotatable bonds is 10. The zero-order valence-electron chi connectivity index (χ0n) is 22.4. The molecule has 1 aliphatic rings. The van der Waals surface area contributed by atoms with Gasteiger partial charge in [0.1, 0.15) is 42.9 Å². The van der Waals surface area contributed by atoms with Crippen LogP contribution in [0.1, 0.15) is 35.1 Å². The van der Waals surface area contributed by atoms with Crippen molar-refractivity contribution in [1.82, 2.24) is 9.88 Å². The number of pyridine rings is 1. The molecule has 1 aromatic heterocycles. The van der Waals surface area contributed by atoms with Crippen molar-refractivity contribution >= 4 is 17.9 Å². The van der Waals surface area contributed by atoms with Crippen molar-refractivity contribution in [3.05, 3.63) is 112 Å². The summed E-state index contributed by atoms with van der Waals surface area (Å²) < 4.78 is 26.8. The van der Waals surface area contributed by atoms with E-state index in [2.05, 4.69) is 16.0 Å². The molecular weight excluding hydrogens is 541 g/mol. The van der Waals surface area contributed by atoms with E-state index in [-0.39, 0.29) is 24.9 Å². The minimum Gasteiger partial charge on any atom is -0.489 e. The highest BCUT2D eigenvalue weighted by molar-refractivity contribution is 6.34. The number of piperidine rings is 1. The normalized spacial score (nSPS) is 13.9. The molecule has 208 valence electrons. The highest BCUT2D eigenvalue weighted by Gasteiger charge is 2.20. The third-order valence-corrected chi connectivity index (χ3v) is 7.66. The van der Waals surface area contributed by atoms with Gasteiger partial charge in [0.2, 0.25) is 0 Å². The van der Waals surface area contributed by atoms with Crippen LogP contribution >= 0.6 is 11.6 Å². The van der Waals surface area contributed by atoms with Crippen molar-refractivity contribution in [2.45, 2.75) is 32.6 Å². The van der Waals surface area contributed by atoms with Gasteiger partial charge in [-0.15, -0.1) is 0 Å². The fourth-order valence-corrected chi connectivity index (χ4v) is 5.19. The van der Waals surface area contributed by atoms with Crippen LogP contribution in [0.3, 0.4) is 0 Å². The molecule has 3 aromatic carbocycles. The van der Waals surface area contributed by atoms with Gasteiger partial charge in [0.25, 0.3) is 0 Å². The SMILES string of the molecule is N#Cc1cncc(COc2cc(OCc3cccc(-c4ccccc4F)c3Cl)ccc2CN2CCC(C=O)CC2)c1. The maximum Gasteiger partial charge on any atom is 0.131 e. The number of nitrogens with zero attached hydrogens (tertiary/aromatic N) is 3. The molecule has 8 heteroatoms. The average molecular weight is 570 g/mol. The van der Waals surface area contributed by atoms with Crippen molar-refractivity contribution in [2.75, 3.05) is 13.1 Å². The van der Waals surface area contributed by atoms with E-state index in [1.54, 1.807) is 36.5 Å². The standard InChI is InChI=1S/C33H29ClFN3O3/c34-33-27(4-3-6-30(33)29-5-1-2-7-31(29)35)22-40-28-9-8-26(19-38-12-10-23(20-39)11-13-38)32(15-28)41-21-25-14-24(16-36)17-37-18-25/h1-9,14-15,17-18,20,23H,10-13,19,21-22H2. The Bertz CT molecular complexity index is 1560. The van der Waals surface area contributed by atoms with Gasteiger partial charge < -0.3 is 14.3 Å². The Balaban J connectivity index is 1.34. The lowest BCUT2D eigenvalue weighted by Crippen LogP contribution is -2.33. The number of hydrogen-bond acceptors (Lipinski definition) is 6. The van der Waals surface area contributed by atoms with E-state index in [4.69, 9.17) is 21.1 Å². The van der Waals surface area contributed by atoms with Crippen LogP contribution in [0.2, 0.25) is 5.02 Å². The third-order valence-electron chi connectivity index (χ3n) is 7.21. The van der Waals surface area contributed by atoms with Crippen molar-refractivity contribution < 1.29 is 18.7 Å². The fourth-order valence-electron chi connectivity index (χ4n) is 4.91. The summed E-state index contributed by atoms with van der Waals surface area (Å²) in [6, 6.07) is 21.6. The van der Waals surface area contributed by atoms with Gasteiger partial charge >= 0.3 is 0 Å². The number of benzene rings is 3. The van der Waals surface area contributed by atoms with Gasteiger partial charge in [-0.2, -0.15) is 5.26 Å². The topological polar surface area (TPSA) is 75.5 Å². The molecule has 0 spiro atoms. The third kappa shape index (κ3) is 7.10. The van der Waals surface area contributed by atoms with Crippen LogP contribution in [0, 0.1) is 23.1 Å². The maximum atomic E-state index is 14.4. The lowest BCUT2D eigenvalue weighted by molar-refractivity contribution is -0.112. The van der Waals surface area contributed by atoms with Gasteiger partial charge in [-0.05, 0) is 44.1 Å². The molecule has 0 amide bonds. The Morgan fingerprint density at radius 3 is 2.56 bits per heavy atom. The molecule has 4 aromatic rings. The Labute approximate surface area is 243 Å². The van der Waals surface area contributed by atoms with E-state index in [9.17, 15) is 14.4 Å². The van der Waals surface area contributed by atoms with Gasteiger partial charge in [0.05, 0.1) is 10.6 Å². The van der Waals surface area contributed by atoms with E-state index >= 15 is 0 Å². The molecule has 2 heterocycles. The van der Waals surface area contributed by atoms with E-state index in [1.165, 1.54) is 12.3 Å². The molecule has 41 heavy (non-hydrogen) atoms. The molecule has 1 aliphatic heterocycles. The summed E-state index contributed by atoms with van der Waals surface area (Å²) in [5.74, 6) is 1.05. The Hall–Kier alpha value is -4.25. The minimum atomic E-state index is -0.337. The zero-order valence-corrected chi connectivity index (χ0v) is 23.2.